The lowest BCUT2D eigenvalue weighted by Crippen LogP contribution is -2.44. The van der Waals surface area contributed by atoms with E-state index < -0.39 is 0 Å². The van der Waals surface area contributed by atoms with Gasteiger partial charge in [-0.3, -0.25) is 5.10 Å². The summed E-state index contributed by atoms with van der Waals surface area (Å²) in [4.78, 5) is 6.47. The SMILES string of the molecule is C=C/C=C(\N=C/N)c1c(N2CCNCC2)n[nH]c1-c1ccc(F)cc1. The summed E-state index contributed by atoms with van der Waals surface area (Å²) in [5.41, 5.74) is 8.61. The topological polar surface area (TPSA) is 82.3 Å². The second-order valence-corrected chi connectivity index (χ2v) is 5.61. The second-order valence-electron chi connectivity index (χ2n) is 5.61. The number of nitrogens with one attached hydrogen (secondary N) is 2. The molecule has 25 heavy (non-hydrogen) atoms. The maximum atomic E-state index is 13.3. The van der Waals surface area contributed by atoms with Gasteiger partial charge in [-0.15, -0.1) is 0 Å². The van der Waals surface area contributed by atoms with Gasteiger partial charge in [0, 0.05) is 31.7 Å². The molecule has 130 valence electrons. The lowest BCUT2D eigenvalue weighted by atomic mass is 10.0. The summed E-state index contributed by atoms with van der Waals surface area (Å²) in [7, 11) is 0. The van der Waals surface area contributed by atoms with Crippen molar-refractivity contribution in [1.29, 1.82) is 0 Å². The van der Waals surface area contributed by atoms with Crippen molar-refractivity contribution in [3.05, 3.63) is 54.4 Å². The van der Waals surface area contributed by atoms with E-state index in [1.54, 1.807) is 24.3 Å². The quantitative estimate of drug-likeness (QED) is 0.442. The van der Waals surface area contributed by atoms with E-state index in [2.05, 4.69) is 32.0 Å². The summed E-state index contributed by atoms with van der Waals surface area (Å²) in [5.74, 6) is 0.522. The van der Waals surface area contributed by atoms with E-state index in [9.17, 15) is 4.39 Å². The molecule has 0 amide bonds. The number of nitrogens with two attached hydrogens (primary N) is 1. The Bertz CT molecular complexity index is 784. The van der Waals surface area contributed by atoms with Gasteiger partial charge >= 0.3 is 0 Å². The van der Waals surface area contributed by atoms with Crippen LogP contribution in [-0.4, -0.2) is 42.7 Å². The van der Waals surface area contributed by atoms with Crippen molar-refractivity contribution in [3.63, 3.8) is 0 Å². The largest absolute Gasteiger partial charge is 0.390 e. The molecule has 7 heteroatoms. The number of benzene rings is 1. The highest BCUT2D eigenvalue weighted by atomic mass is 19.1. The molecule has 4 N–H and O–H groups in total. The van der Waals surface area contributed by atoms with Crippen LogP contribution in [0.25, 0.3) is 17.0 Å². The third-order valence-corrected chi connectivity index (χ3v) is 4.04. The predicted molar refractivity (Wildman–Crippen MR) is 99.9 cm³/mol. The van der Waals surface area contributed by atoms with Gasteiger partial charge in [-0.1, -0.05) is 12.7 Å². The minimum Gasteiger partial charge on any atom is -0.390 e. The van der Waals surface area contributed by atoms with E-state index in [4.69, 9.17) is 5.73 Å². The Kier molecular flexibility index (Phi) is 5.25. The van der Waals surface area contributed by atoms with Gasteiger partial charge in [-0.2, -0.15) is 5.10 Å². The summed E-state index contributed by atoms with van der Waals surface area (Å²) in [6.07, 6.45) is 4.69. The van der Waals surface area contributed by atoms with Crippen LogP contribution < -0.4 is 16.0 Å². The summed E-state index contributed by atoms with van der Waals surface area (Å²) >= 11 is 0. The number of aliphatic imine (C=N–C) groups is 1. The highest BCUT2D eigenvalue weighted by Gasteiger charge is 2.23. The van der Waals surface area contributed by atoms with E-state index in [-0.39, 0.29) is 5.82 Å². The fourth-order valence-corrected chi connectivity index (χ4v) is 2.89. The first-order chi connectivity index (χ1) is 12.2. The second kappa shape index (κ2) is 7.76. The summed E-state index contributed by atoms with van der Waals surface area (Å²) in [6, 6.07) is 6.28. The Morgan fingerprint density at radius 1 is 1.28 bits per heavy atom. The minimum atomic E-state index is -0.283. The third kappa shape index (κ3) is 3.61. The molecule has 2 aromatic rings. The number of rotatable bonds is 5. The molecular weight excluding hydrogens is 319 g/mol. The van der Waals surface area contributed by atoms with E-state index in [0.29, 0.717) is 5.70 Å². The Morgan fingerprint density at radius 2 is 2.00 bits per heavy atom. The number of anilines is 1. The van der Waals surface area contributed by atoms with Crippen molar-refractivity contribution < 1.29 is 4.39 Å². The van der Waals surface area contributed by atoms with E-state index in [1.165, 1.54) is 18.5 Å². The fraction of sp³-hybridized carbons (Fsp3) is 0.222. The van der Waals surface area contributed by atoms with Gasteiger partial charge in [0.2, 0.25) is 0 Å². The minimum absolute atomic E-state index is 0.283. The maximum Gasteiger partial charge on any atom is 0.160 e. The molecule has 0 atom stereocenters. The molecule has 1 aromatic heterocycles. The van der Waals surface area contributed by atoms with Crippen LogP contribution in [0, 0.1) is 5.82 Å². The number of aromatic amines is 1. The molecule has 1 aliphatic heterocycles. The van der Waals surface area contributed by atoms with Crippen molar-refractivity contribution in [3.8, 4) is 11.3 Å². The van der Waals surface area contributed by atoms with Crippen LogP contribution in [0.5, 0.6) is 0 Å². The van der Waals surface area contributed by atoms with Crippen molar-refractivity contribution in [2.24, 2.45) is 10.7 Å². The molecule has 1 aliphatic rings. The number of allylic oxidation sites excluding steroid dienone is 2. The number of hydrogen-bond acceptors (Lipinski definition) is 4. The zero-order chi connectivity index (χ0) is 17.6. The van der Waals surface area contributed by atoms with Gasteiger partial charge in [0.25, 0.3) is 0 Å². The Balaban J connectivity index is 2.14. The normalized spacial score (nSPS) is 15.7. The lowest BCUT2D eigenvalue weighted by Gasteiger charge is -2.28. The van der Waals surface area contributed by atoms with Crippen LogP contribution in [0.4, 0.5) is 10.2 Å². The zero-order valence-electron chi connectivity index (χ0n) is 13.9. The van der Waals surface area contributed by atoms with Gasteiger partial charge in [0.15, 0.2) is 5.82 Å². The maximum absolute atomic E-state index is 13.3. The van der Waals surface area contributed by atoms with E-state index in [0.717, 1.165) is 48.8 Å². The molecule has 0 spiro atoms. The first-order valence-electron chi connectivity index (χ1n) is 8.12. The lowest BCUT2D eigenvalue weighted by molar-refractivity contribution is 0.584. The van der Waals surface area contributed by atoms with Crippen LogP contribution in [0.3, 0.4) is 0 Å². The van der Waals surface area contributed by atoms with Crippen LogP contribution in [0.1, 0.15) is 5.56 Å². The van der Waals surface area contributed by atoms with Gasteiger partial charge in [0.1, 0.15) is 5.82 Å². The molecule has 0 saturated carbocycles. The molecule has 0 bridgehead atoms. The molecule has 0 aliphatic carbocycles. The number of nitrogens with zero attached hydrogens (tertiary/aromatic N) is 3. The molecule has 2 heterocycles. The van der Waals surface area contributed by atoms with Crippen LogP contribution >= 0.6 is 0 Å². The van der Waals surface area contributed by atoms with Crippen molar-refractivity contribution >= 4 is 17.9 Å². The van der Waals surface area contributed by atoms with E-state index >= 15 is 0 Å². The molecule has 0 unspecified atom stereocenters. The molecule has 6 nitrogen and oxygen atoms in total. The smallest absolute Gasteiger partial charge is 0.160 e. The Hall–Kier alpha value is -2.93. The van der Waals surface area contributed by atoms with Crippen molar-refractivity contribution in [2.45, 2.75) is 0 Å². The number of hydrogen-bond donors (Lipinski definition) is 3. The highest BCUT2D eigenvalue weighted by Crippen LogP contribution is 2.35. The van der Waals surface area contributed by atoms with Crippen molar-refractivity contribution in [1.82, 2.24) is 15.5 Å². The standard InChI is InChI=1S/C18H21FN6/c1-2-3-15(22-12-20)16-17(13-4-6-14(19)7-5-13)23-24-18(16)25-10-8-21-9-11-25/h2-7,12,21H,1,8-11H2,(H2,20,22)(H,23,24)/b15-3-. The summed E-state index contributed by atoms with van der Waals surface area (Å²) in [6.45, 7) is 7.21. The number of aromatic nitrogens is 2. The Labute approximate surface area is 145 Å². The fourth-order valence-electron chi connectivity index (χ4n) is 2.89. The monoisotopic (exact) mass is 340 g/mol. The first-order valence-corrected chi connectivity index (χ1v) is 8.12. The van der Waals surface area contributed by atoms with E-state index in [1.807, 2.05) is 0 Å². The average Bonchev–Trinajstić information content (AvgIpc) is 3.08. The first kappa shape index (κ1) is 16.9. The van der Waals surface area contributed by atoms with Crippen LogP contribution in [0.2, 0.25) is 0 Å². The number of piperazine rings is 1. The zero-order valence-corrected chi connectivity index (χ0v) is 13.9. The molecule has 1 saturated heterocycles. The summed E-state index contributed by atoms with van der Waals surface area (Å²) in [5, 5.41) is 10.9. The molecule has 3 rings (SSSR count). The summed E-state index contributed by atoms with van der Waals surface area (Å²) < 4.78 is 13.3. The predicted octanol–water partition coefficient (Wildman–Crippen LogP) is 2.14. The van der Waals surface area contributed by atoms with Gasteiger partial charge in [-0.25, -0.2) is 9.38 Å². The van der Waals surface area contributed by atoms with Crippen LogP contribution in [-0.2, 0) is 0 Å². The molecule has 1 aromatic carbocycles. The molecule has 0 radical (unpaired) electrons. The molecular formula is C18H21FN6. The number of H-pyrrole nitrogens is 1. The van der Waals surface area contributed by atoms with Gasteiger partial charge < -0.3 is 16.0 Å². The van der Waals surface area contributed by atoms with Gasteiger partial charge in [0.05, 0.1) is 23.3 Å². The highest BCUT2D eigenvalue weighted by molar-refractivity contribution is 5.88. The third-order valence-electron chi connectivity index (χ3n) is 4.04. The van der Waals surface area contributed by atoms with Crippen molar-refractivity contribution in [2.75, 3.05) is 31.1 Å². The van der Waals surface area contributed by atoms with Gasteiger partial charge in [-0.05, 0) is 30.3 Å². The average molecular weight is 340 g/mol. The van der Waals surface area contributed by atoms with Crippen LogP contribution in [0.15, 0.2) is 48.0 Å². The number of halogens is 1. The molecule has 1 fully saturated rings. The Morgan fingerprint density at radius 3 is 2.64 bits per heavy atom.